The third-order valence-electron chi connectivity index (χ3n) is 0.671. The quantitative estimate of drug-likeness (QED) is 0.462. The Morgan fingerprint density at radius 1 is 1.22 bits per heavy atom. The van der Waals surface area contributed by atoms with E-state index in [1.165, 1.54) is 0 Å². The Morgan fingerprint density at radius 2 is 1.56 bits per heavy atom. The fraction of sp³-hybridized carbons (Fsp3) is 1.00. The maximum Gasteiger partial charge on any atom is 0.438 e. The number of halogens is 5. The van der Waals surface area contributed by atoms with Crippen molar-refractivity contribution in [2.24, 2.45) is 5.73 Å². The Bertz CT molecular complexity index is 98.5. The SMILES string of the molecule is NCC(F)(Cl)C(F)(F)F. The van der Waals surface area contributed by atoms with Gasteiger partial charge in [0.05, 0.1) is 6.54 Å². The van der Waals surface area contributed by atoms with E-state index in [2.05, 4.69) is 17.3 Å². The van der Waals surface area contributed by atoms with Gasteiger partial charge in [-0.25, -0.2) is 4.39 Å². The Labute approximate surface area is 53.8 Å². The second-order valence-electron chi connectivity index (χ2n) is 1.41. The standard InChI is InChI=1S/C3H4ClF4N/c4-2(5,1-9)3(6,7)8/h1,9H2. The molecule has 0 spiro atoms. The maximum absolute atomic E-state index is 11.8. The van der Waals surface area contributed by atoms with Gasteiger partial charge in [0, 0.05) is 0 Å². The maximum atomic E-state index is 11.8. The molecule has 56 valence electrons. The lowest BCUT2D eigenvalue weighted by Gasteiger charge is -2.18. The molecular formula is C3H4ClF4N. The van der Waals surface area contributed by atoms with Crippen molar-refractivity contribution in [3.63, 3.8) is 0 Å². The van der Waals surface area contributed by atoms with E-state index in [9.17, 15) is 17.6 Å². The van der Waals surface area contributed by atoms with Crippen molar-refractivity contribution in [1.29, 1.82) is 0 Å². The number of hydrogen-bond acceptors (Lipinski definition) is 1. The van der Waals surface area contributed by atoms with Crippen LogP contribution in [0.2, 0.25) is 0 Å². The molecule has 0 aromatic carbocycles. The Kier molecular flexibility index (Phi) is 2.29. The molecule has 0 heterocycles. The second-order valence-corrected chi connectivity index (χ2v) is 2.01. The van der Waals surface area contributed by atoms with Crippen molar-refractivity contribution in [1.82, 2.24) is 0 Å². The Balaban J connectivity index is 4.14. The third kappa shape index (κ3) is 1.98. The van der Waals surface area contributed by atoms with Gasteiger partial charge in [-0.1, -0.05) is 11.6 Å². The lowest BCUT2D eigenvalue weighted by atomic mass is 10.4. The fourth-order valence-corrected chi connectivity index (χ4v) is 0.116. The minimum atomic E-state index is -5.08. The van der Waals surface area contributed by atoms with E-state index in [0.717, 1.165) is 0 Å². The van der Waals surface area contributed by atoms with Crippen LogP contribution in [-0.2, 0) is 0 Å². The van der Waals surface area contributed by atoms with Gasteiger partial charge in [0.1, 0.15) is 0 Å². The van der Waals surface area contributed by atoms with Gasteiger partial charge in [0.15, 0.2) is 0 Å². The summed E-state index contributed by atoms with van der Waals surface area (Å²) in [5, 5.41) is -3.77. The topological polar surface area (TPSA) is 26.0 Å². The molecule has 0 saturated heterocycles. The van der Waals surface area contributed by atoms with E-state index in [-0.39, 0.29) is 0 Å². The first-order valence-corrected chi connectivity index (χ1v) is 2.33. The molecule has 0 radical (unpaired) electrons. The average Bonchev–Trinajstić information content (AvgIpc) is 1.64. The summed E-state index contributed by atoms with van der Waals surface area (Å²) in [5.74, 6) is 0. The molecule has 0 aliphatic carbocycles. The van der Waals surface area contributed by atoms with Crippen molar-refractivity contribution in [2.75, 3.05) is 6.54 Å². The molecule has 0 bridgehead atoms. The third-order valence-corrected chi connectivity index (χ3v) is 1.04. The zero-order chi connectivity index (χ0) is 7.71. The molecule has 6 heteroatoms. The van der Waals surface area contributed by atoms with Crippen molar-refractivity contribution in [2.45, 2.75) is 11.3 Å². The molecule has 0 aliphatic heterocycles. The highest BCUT2D eigenvalue weighted by molar-refractivity contribution is 6.23. The molecule has 0 amide bonds. The van der Waals surface area contributed by atoms with Crippen LogP contribution in [0.25, 0.3) is 0 Å². The van der Waals surface area contributed by atoms with E-state index in [4.69, 9.17) is 0 Å². The normalized spacial score (nSPS) is 19.3. The van der Waals surface area contributed by atoms with Crippen molar-refractivity contribution < 1.29 is 17.6 Å². The first-order valence-electron chi connectivity index (χ1n) is 1.96. The van der Waals surface area contributed by atoms with Crippen LogP contribution in [0.3, 0.4) is 0 Å². The summed E-state index contributed by atoms with van der Waals surface area (Å²) < 4.78 is 45.6. The van der Waals surface area contributed by atoms with Gasteiger partial charge < -0.3 is 5.73 Å². The predicted molar refractivity (Wildman–Crippen MR) is 24.8 cm³/mol. The molecule has 2 N–H and O–H groups in total. The van der Waals surface area contributed by atoms with Crippen molar-refractivity contribution >= 4 is 11.6 Å². The fourth-order valence-electron chi connectivity index (χ4n) is 0.116. The monoisotopic (exact) mass is 165 g/mol. The zero-order valence-corrected chi connectivity index (χ0v) is 4.93. The van der Waals surface area contributed by atoms with E-state index in [1.807, 2.05) is 0 Å². The zero-order valence-electron chi connectivity index (χ0n) is 4.17. The van der Waals surface area contributed by atoms with Crippen LogP contribution in [0.5, 0.6) is 0 Å². The van der Waals surface area contributed by atoms with Crippen LogP contribution in [0, 0.1) is 0 Å². The average molecular weight is 166 g/mol. The summed E-state index contributed by atoms with van der Waals surface area (Å²) in [6, 6.07) is 0. The van der Waals surface area contributed by atoms with Crippen LogP contribution in [-0.4, -0.2) is 17.8 Å². The van der Waals surface area contributed by atoms with Gasteiger partial charge in [-0.3, -0.25) is 0 Å². The van der Waals surface area contributed by atoms with E-state index < -0.39 is 17.8 Å². The van der Waals surface area contributed by atoms with Crippen LogP contribution in [0.4, 0.5) is 17.6 Å². The molecule has 0 saturated carbocycles. The summed E-state index contributed by atoms with van der Waals surface area (Å²) in [6.45, 7) is -1.27. The summed E-state index contributed by atoms with van der Waals surface area (Å²) in [4.78, 5) is 0. The minimum absolute atomic E-state index is 1.27. The molecule has 1 nitrogen and oxygen atoms in total. The lowest BCUT2D eigenvalue weighted by Crippen LogP contribution is -2.41. The highest BCUT2D eigenvalue weighted by atomic mass is 35.5. The van der Waals surface area contributed by atoms with E-state index in [0.29, 0.717) is 0 Å². The number of alkyl halides is 5. The smallest absolute Gasteiger partial charge is 0.326 e. The first-order chi connectivity index (χ1) is 3.81. The highest BCUT2D eigenvalue weighted by Gasteiger charge is 2.53. The van der Waals surface area contributed by atoms with Gasteiger partial charge >= 0.3 is 6.18 Å². The van der Waals surface area contributed by atoms with Crippen LogP contribution in [0.15, 0.2) is 0 Å². The Hall–Kier alpha value is -0.0300. The summed E-state index contributed by atoms with van der Waals surface area (Å²) >= 11 is 4.28. The Morgan fingerprint density at radius 3 is 1.56 bits per heavy atom. The molecule has 0 fully saturated rings. The van der Waals surface area contributed by atoms with E-state index >= 15 is 0 Å². The van der Waals surface area contributed by atoms with Gasteiger partial charge in [-0.05, 0) is 0 Å². The minimum Gasteiger partial charge on any atom is -0.326 e. The number of rotatable bonds is 1. The highest BCUT2D eigenvalue weighted by Crippen LogP contribution is 2.36. The molecule has 0 aromatic rings. The van der Waals surface area contributed by atoms with Gasteiger partial charge in [-0.2, -0.15) is 13.2 Å². The number of nitrogens with two attached hydrogens (primary N) is 1. The van der Waals surface area contributed by atoms with E-state index in [1.54, 1.807) is 0 Å². The van der Waals surface area contributed by atoms with Crippen LogP contribution < -0.4 is 5.73 Å². The largest absolute Gasteiger partial charge is 0.438 e. The number of hydrogen-bond donors (Lipinski definition) is 1. The molecule has 1 atom stereocenters. The van der Waals surface area contributed by atoms with Gasteiger partial charge in [0.2, 0.25) is 0 Å². The first kappa shape index (κ1) is 8.97. The lowest BCUT2D eigenvalue weighted by molar-refractivity contribution is -0.194. The van der Waals surface area contributed by atoms with Crippen molar-refractivity contribution in [3.8, 4) is 0 Å². The van der Waals surface area contributed by atoms with Gasteiger partial charge in [-0.15, -0.1) is 0 Å². The molecule has 0 rings (SSSR count). The van der Waals surface area contributed by atoms with Gasteiger partial charge in [0.25, 0.3) is 5.13 Å². The second kappa shape index (κ2) is 2.30. The summed E-state index contributed by atoms with van der Waals surface area (Å²) in [7, 11) is 0. The van der Waals surface area contributed by atoms with Crippen LogP contribution in [0.1, 0.15) is 0 Å². The molecule has 9 heavy (non-hydrogen) atoms. The predicted octanol–water partition coefficient (Wildman–Crippen LogP) is 1.41. The van der Waals surface area contributed by atoms with Crippen LogP contribution >= 0.6 is 11.6 Å². The van der Waals surface area contributed by atoms with Crippen molar-refractivity contribution in [3.05, 3.63) is 0 Å². The molecular weight excluding hydrogens is 161 g/mol. The molecule has 0 aromatic heterocycles. The summed E-state index contributed by atoms with van der Waals surface area (Å²) in [5.41, 5.74) is 4.37. The summed E-state index contributed by atoms with van der Waals surface area (Å²) in [6.07, 6.45) is -5.08. The molecule has 0 aliphatic rings. The molecule has 1 unspecified atom stereocenters.